The van der Waals surface area contributed by atoms with Crippen LogP contribution in [0, 0.1) is 0 Å². The van der Waals surface area contributed by atoms with E-state index in [-0.39, 0.29) is 5.75 Å². The number of carbonyl (C=O) groups excluding carboxylic acids is 1. The molecule has 3 rings (SSSR count). The number of phenols is 1. The fourth-order valence-electron chi connectivity index (χ4n) is 2.37. The number of carboxylic acid groups (broad SMARTS) is 1. The average Bonchev–Trinajstić information content (AvgIpc) is 3.01. The molecule has 1 aliphatic heterocycles. The third-order valence-electron chi connectivity index (χ3n) is 3.74. The van der Waals surface area contributed by atoms with E-state index in [0.717, 1.165) is 10.2 Å². The van der Waals surface area contributed by atoms with Crippen molar-refractivity contribution in [3.63, 3.8) is 0 Å². The molecule has 0 aliphatic carbocycles. The summed E-state index contributed by atoms with van der Waals surface area (Å²) in [6.07, 6.45) is 1.62. The lowest BCUT2D eigenvalue weighted by Crippen LogP contribution is -2.21. The second-order valence-corrected chi connectivity index (χ2v) is 7.67. The molecule has 7 nitrogen and oxygen atoms in total. The van der Waals surface area contributed by atoms with Gasteiger partial charge in [-0.05, 0) is 60.3 Å². The van der Waals surface area contributed by atoms with Crippen molar-refractivity contribution in [1.82, 2.24) is 0 Å². The summed E-state index contributed by atoms with van der Waals surface area (Å²) in [6, 6.07) is 11.6. The molecule has 0 saturated heterocycles. The second kappa shape index (κ2) is 8.49. The van der Waals surface area contributed by atoms with Crippen molar-refractivity contribution in [2.24, 2.45) is 4.99 Å². The average molecular weight is 463 g/mol. The zero-order chi connectivity index (χ0) is 20.3. The number of halogens is 1. The Labute approximate surface area is 173 Å². The van der Waals surface area contributed by atoms with Crippen LogP contribution < -0.4 is 9.64 Å². The van der Waals surface area contributed by atoms with E-state index in [9.17, 15) is 14.7 Å². The van der Waals surface area contributed by atoms with Gasteiger partial charge in [0.15, 0.2) is 11.8 Å². The molecule has 0 bridgehead atoms. The quantitative estimate of drug-likeness (QED) is 0.652. The first kappa shape index (κ1) is 20.0. The van der Waals surface area contributed by atoms with Crippen molar-refractivity contribution in [2.45, 2.75) is 0 Å². The van der Waals surface area contributed by atoms with Gasteiger partial charge in [-0.15, -0.1) is 0 Å². The molecule has 0 unspecified atom stereocenters. The van der Waals surface area contributed by atoms with E-state index >= 15 is 0 Å². The minimum absolute atomic E-state index is 0.151. The largest absolute Gasteiger partial charge is 0.508 e. The number of hydrogen-bond donors (Lipinski definition) is 2. The third kappa shape index (κ3) is 4.73. The summed E-state index contributed by atoms with van der Waals surface area (Å²) < 4.78 is 6.06. The number of aromatic hydroxyl groups is 1. The van der Waals surface area contributed by atoms with Crippen LogP contribution in [-0.2, 0) is 9.59 Å². The molecule has 0 atom stereocenters. The van der Waals surface area contributed by atoms with Crippen LogP contribution in [-0.4, -0.2) is 40.9 Å². The van der Waals surface area contributed by atoms with Crippen LogP contribution in [0.1, 0.15) is 5.56 Å². The number of ether oxygens (including phenoxy) is 1. The monoisotopic (exact) mass is 462 g/mol. The van der Waals surface area contributed by atoms with Crippen LogP contribution in [0.25, 0.3) is 6.08 Å². The molecular formula is C19H15BrN2O5S. The number of phenolic OH excluding ortho intramolecular Hbond substituents is 1. The predicted molar refractivity (Wildman–Crippen MR) is 112 cm³/mol. The van der Waals surface area contributed by atoms with Crippen LogP contribution in [0.15, 0.2) is 56.8 Å². The summed E-state index contributed by atoms with van der Waals surface area (Å²) in [5.41, 5.74) is 1.33. The second-order valence-electron chi connectivity index (χ2n) is 5.75. The predicted octanol–water partition coefficient (Wildman–Crippen LogP) is 3.72. The molecule has 0 fully saturated rings. The number of anilines is 1. The van der Waals surface area contributed by atoms with E-state index in [1.165, 1.54) is 11.8 Å². The van der Waals surface area contributed by atoms with Gasteiger partial charge in [-0.2, -0.15) is 4.99 Å². The Kier molecular flexibility index (Phi) is 6.05. The Morgan fingerprint density at radius 1 is 1.29 bits per heavy atom. The van der Waals surface area contributed by atoms with E-state index in [1.807, 2.05) is 0 Å². The van der Waals surface area contributed by atoms with Crippen molar-refractivity contribution >= 4 is 56.5 Å². The maximum Gasteiger partial charge on any atom is 0.341 e. The smallest absolute Gasteiger partial charge is 0.341 e. The zero-order valence-electron chi connectivity index (χ0n) is 14.6. The molecule has 0 spiro atoms. The molecule has 144 valence electrons. The number of carbonyl (C=O) groups is 2. The highest BCUT2D eigenvalue weighted by atomic mass is 79.9. The summed E-state index contributed by atoms with van der Waals surface area (Å²) in [6.45, 7) is -0.482. The molecule has 2 N–H and O–H groups in total. The Morgan fingerprint density at radius 3 is 2.68 bits per heavy atom. The maximum absolute atomic E-state index is 12.4. The van der Waals surface area contributed by atoms with Crippen LogP contribution in [0.3, 0.4) is 0 Å². The molecule has 2 aromatic carbocycles. The summed E-state index contributed by atoms with van der Waals surface area (Å²) in [4.78, 5) is 29.3. The Bertz CT molecular complexity index is 988. The lowest BCUT2D eigenvalue weighted by atomic mass is 10.2. The lowest BCUT2D eigenvalue weighted by Gasteiger charge is -2.17. The minimum Gasteiger partial charge on any atom is -0.508 e. The number of thioether (sulfide) groups is 1. The SMILES string of the molecule is CN(C1=NC(=O)C(=Cc2cc(Br)ccc2OCC(=O)O)S1)c1ccc(O)cc1. The van der Waals surface area contributed by atoms with Crippen LogP contribution in [0.5, 0.6) is 11.5 Å². The molecule has 0 saturated carbocycles. The number of hydrogen-bond acceptors (Lipinski definition) is 6. The van der Waals surface area contributed by atoms with Gasteiger partial charge in [-0.25, -0.2) is 4.79 Å². The highest BCUT2D eigenvalue weighted by Gasteiger charge is 2.25. The van der Waals surface area contributed by atoms with Crippen LogP contribution >= 0.6 is 27.7 Å². The van der Waals surface area contributed by atoms with Gasteiger partial charge in [0.25, 0.3) is 5.91 Å². The van der Waals surface area contributed by atoms with Crippen molar-refractivity contribution in [3.8, 4) is 11.5 Å². The van der Waals surface area contributed by atoms with Gasteiger partial charge in [0.2, 0.25) is 0 Å². The highest BCUT2D eigenvalue weighted by Crippen LogP contribution is 2.34. The lowest BCUT2D eigenvalue weighted by molar-refractivity contribution is -0.139. The molecule has 0 radical (unpaired) electrons. The summed E-state index contributed by atoms with van der Waals surface area (Å²) in [5.74, 6) is -0.978. The fourth-order valence-corrected chi connectivity index (χ4v) is 3.64. The molecule has 1 aliphatic rings. The summed E-state index contributed by atoms with van der Waals surface area (Å²) in [5, 5.41) is 18.7. The molecule has 1 amide bonds. The molecular weight excluding hydrogens is 448 g/mol. The zero-order valence-corrected chi connectivity index (χ0v) is 17.0. The first-order valence-corrected chi connectivity index (χ1v) is 9.64. The third-order valence-corrected chi connectivity index (χ3v) is 5.30. The first-order valence-electron chi connectivity index (χ1n) is 8.03. The number of rotatable bonds is 5. The summed E-state index contributed by atoms with van der Waals surface area (Å²) in [7, 11) is 1.77. The number of amides is 1. The number of nitrogens with zero attached hydrogens (tertiary/aromatic N) is 2. The first-order chi connectivity index (χ1) is 13.3. The van der Waals surface area contributed by atoms with Gasteiger partial charge in [0.1, 0.15) is 11.5 Å². The van der Waals surface area contributed by atoms with Gasteiger partial charge in [-0.1, -0.05) is 15.9 Å². The van der Waals surface area contributed by atoms with E-state index in [0.29, 0.717) is 21.4 Å². The van der Waals surface area contributed by atoms with Gasteiger partial charge >= 0.3 is 5.97 Å². The molecule has 1 heterocycles. The van der Waals surface area contributed by atoms with Gasteiger partial charge in [0, 0.05) is 22.8 Å². The van der Waals surface area contributed by atoms with Gasteiger partial charge < -0.3 is 19.8 Å². The van der Waals surface area contributed by atoms with Crippen molar-refractivity contribution < 1.29 is 24.5 Å². The minimum atomic E-state index is -1.09. The number of carboxylic acids is 1. The van der Waals surface area contributed by atoms with E-state index in [2.05, 4.69) is 20.9 Å². The Morgan fingerprint density at radius 2 is 2.00 bits per heavy atom. The van der Waals surface area contributed by atoms with Crippen molar-refractivity contribution in [1.29, 1.82) is 0 Å². The number of benzene rings is 2. The standard InChI is InChI=1S/C19H15BrN2O5S/c1-22(13-3-5-14(23)6-4-13)19-21-18(26)16(28-19)9-11-8-12(20)2-7-15(11)27-10-17(24)25/h2-9,23H,10H2,1H3,(H,24,25). The Hall–Kier alpha value is -2.78. The van der Waals surface area contributed by atoms with Crippen molar-refractivity contribution in [2.75, 3.05) is 18.6 Å². The van der Waals surface area contributed by atoms with Crippen LogP contribution in [0.2, 0.25) is 0 Å². The Balaban J connectivity index is 1.83. The fraction of sp³-hybridized carbons (Fsp3) is 0.105. The number of aliphatic imine (C=N–C) groups is 1. The molecule has 28 heavy (non-hydrogen) atoms. The van der Waals surface area contributed by atoms with E-state index < -0.39 is 18.5 Å². The van der Waals surface area contributed by atoms with E-state index in [4.69, 9.17) is 9.84 Å². The maximum atomic E-state index is 12.4. The highest BCUT2D eigenvalue weighted by molar-refractivity contribution is 9.10. The van der Waals surface area contributed by atoms with Gasteiger partial charge in [0.05, 0.1) is 4.91 Å². The van der Waals surface area contributed by atoms with Crippen LogP contribution in [0.4, 0.5) is 5.69 Å². The normalized spacial score (nSPS) is 14.9. The molecule has 9 heteroatoms. The number of amidine groups is 1. The topological polar surface area (TPSA) is 99.4 Å². The molecule has 2 aromatic rings. The molecule has 0 aromatic heterocycles. The van der Waals surface area contributed by atoms with Crippen molar-refractivity contribution in [3.05, 3.63) is 57.4 Å². The van der Waals surface area contributed by atoms with E-state index in [1.54, 1.807) is 60.5 Å². The van der Waals surface area contributed by atoms with Gasteiger partial charge in [-0.3, -0.25) is 4.79 Å². The summed E-state index contributed by atoms with van der Waals surface area (Å²) >= 11 is 4.56. The number of aliphatic carboxylic acids is 1.